The van der Waals surface area contributed by atoms with Gasteiger partial charge in [-0.2, -0.15) is 0 Å². The number of aliphatic hydroxyl groups excluding tert-OH is 2. The second-order valence-electron chi connectivity index (χ2n) is 14.9. The predicted molar refractivity (Wildman–Crippen MR) is 163 cm³/mol. The smallest absolute Gasteiger partial charge is 0.293 e. The molecule has 3 saturated carbocycles. The molecule has 2 saturated heterocycles. The first kappa shape index (κ1) is 32.3. The highest BCUT2D eigenvalue weighted by molar-refractivity contribution is 5.90. The number of carboxylic acids is 1. The third-order valence-electron chi connectivity index (χ3n) is 13.1. The number of carboxylic acid groups (broad SMARTS) is 1. The van der Waals surface area contributed by atoms with E-state index in [9.17, 15) is 25.2 Å². The van der Waals surface area contributed by atoms with Crippen LogP contribution in [0.3, 0.4) is 0 Å². The molecule has 0 radical (unpaired) electrons. The van der Waals surface area contributed by atoms with Gasteiger partial charge in [0.1, 0.15) is 5.60 Å². The van der Waals surface area contributed by atoms with E-state index in [1.807, 2.05) is 7.05 Å². The molecule has 8 N–H and O–H groups in total. The maximum absolute atomic E-state index is 13.2. The van der Waals surface area contributed by atoms with E-state index in [0.717, 1.165) is 75.2 Å². The van der Waals surface area contributed by atoms with Crippen LogP contribution in [0.25, 0.3) is 0 Å². The van der Waals surface area contributed by atoms with Crippen molar-refractivity contribution in [3.05, 3.63) is 11.1 Å². The molecule has 0 amide bonds. The molecule has 2 aliphatic heterocycles. The Morgan fingerprint density at radius 2 is 1.98 bits per heavy atom. The molecule has 6 aliphatic rings. The van der Waals surface area contributed by atoms with E-state index in [1.54, 1.807) is 0 Å². The number of aliphatic hydroxyl groups is 3. The lowest BCUT2D eigenvalue weighted by Crippen LogP contribution is -3.19. The monoisotopic (exact) mass is 617 g/mol. The minimum atomic E-state index is -1.65. The maximum atomic E-state index is 13.2. The average Bonchev–Trinajstić information content (AvgIpc) is 3.36. The second kappa shape index (κ2) is 12.5. The van der Waals surface area contributed by atoms with Crippen molar-refractivity contribution in [1.82, 2.24) is 10.6 Å². The Kier molecular flexibility index (Phi) is 9.22. The summed E-state index contributed by atoms with van der Waals surface area (Å²) in [7, 11) is 1.90. The molecule has 11 heteroatoms. The van der Waals surface area contributed by atoms with E-state index in [-0.39, 0.29) is 41.5 Å². The minimum absolute atomic E-state index is 0.0583. The molecule has 11 atom stereocenters. The molecule has 0 aromatic heterocycles. The van der Waals surface area contributed by atoms with Crippen LogP contribution in [-0.2, 0) is 9.53 Å². The van der Waals surface area contributed by atoms with E-state index < -0.39 is 29.2 Å². The number of ether oxygens (including phenoxy) is 1. The number of nitrogens with two attached hydrogens (primary N) is 1. The standard InChI is InChI=1S/C33H55N5O6/c1-20-3-6-22-15-25-28(29(41)42)33(43,27-8-5-21-4-7-24(40)16-26(21)44-27)18-31(20,25)32(22)19-38(30(34)37-11-10-35-2)13-9-23(32)17-36-12-14-39/h20-24,26-27,35-36,39-40,43H,3-19H2,1-2H3,(H2,34,37)(H,41,42)/t20-,21-,22-,23-,24-,26-,27+,31+,32-,33+/m1/s1. The van der Waals surface area contributed by atoms with Gasteiger partial charge in [-0.05, 0) is 95.1 Å². The number of aliphatic imine (C=N–C) groups is 1. The lowest BCUT2D eigenvalue weighted by molar-refractivity contribution is -0.828. The Balaban J connectivity index is 1.42. The predicted octanol–water partition coefficient (Wildman–Crippen LogP) is -1.68. The number of nitrogens with zero attached hydrogens (tertiary/aromatic N) is 1. The van der Waals surface area contributed by atoms with Gasteiger partial charge in [0.15, 0.2) is 0 Å². The number of fused-ring (bicyclic) bond motifs is 1. The summed E-state index contributed by atoms with van der Waals surface area (Å²) in [5.41, 5.74) is 5.16. The normalized spacial score (nSPS) is 45.4. The zero-order valence-corrected chi connectivity index (χ0v) is 26.7. The highest BCUT2D eigenvalue weighted by Gasteiger charge is 2.76. The first-order valence-corrected chi connectivity index (χ1v) is 17.2. The fraction of sp³-hybridized carbons (Fsp3) is 0.879. The Labute approximate surface area is 261 Å². The van der Waals surface area contributed by atoms with Crippen molar-refractivity contribution in [1.29, 1.82) is 0 Å². The van der Waals surface area contributed by atoms with E-state index in [2.05, 4.69) is 17.6 Å². The molecule has 2 heterocycles. The van der Waals surface area contributed by atoms with Crippen LogP contribution in [0.2, 0.25) is 0 Å². The summed E-state index contributed by atoms with van der Waals surface area (Å²) in [6.07, 6.45) is 6.28. The zero-order chi connectivity index (χ0) is 31.3. The molecule has 6 rings (SSSR count). The van der Waals surface area contributed by atoms with Gasteiger partial charge in [0.25, 0.3) is 5.96 Å². The van der Waals surface area contributed by atoms with Crippen LogP contribution in [0.5, 0.6) is 0 Å². The third kappa shape index (κ3) is 4.96. The summed E-state index contributed by atoms with van der Waals surface area (Å²) in [5, 5.41) is 52.6. The molecule has 2 spiro atoms. The highest BCUT2D eigenvalue weighted by Crippen LogP contribution is 2.77. The molecule has 44 heavy (non-hydrogen) atoms. The molecular weight excluding hydrogens is 562 g/mol. The van der Waals surface area contributed by atoms with Gasteiger partial charge in [-0.25, -0.2) is 4.99 Å². The van der Waals surface area contributed by atoms with Crippen molar-refractivity contribution < 1.29 is 34.9 Å². The van der Waals surface area contributed by atoms with Gasteiger partial charge in [0.05, 0.1) is 50.5 Å². The van der Waals surface area contributed by atoms with E-state index in [4.69, 9.17) is 15.5 Å². The topological polar surface area (TPSA) is 177 Å². The molecule has 11 nitrogen and oxygen atoms in total. The zero-order valence-electron chi connectivity index (χ0n) is 26.7. The first-order valence-electron chi connectivity index (χ1n) is 17.2. The van der Waals surface area contributed by atoms with Crippen LogP contribution in [0.15, 0.2) is 16.1 Å². The van der Waals surface area contributed by atoms with Gasteiger partial charge < -0.3 is 46.3 Å². The number of carbonyl (C=O) groups excluding carboxylic acids is 1. The Morgan fingerprint density at radius 3 is 2.73 bits per heavy atom. The van der Waals surface area contributed by atoms with Crippen molar-refractivity contribution in [2.75, 3.05) is 52.9 Å². The Hall–Kier alpha value is -1.60. The maximum Gasteiger partial charge on any atom is 0.293 e. The summed E-state index contributed by atoms with van der Waals surface area (Å²) < 4.78 is 6.63. The van der Waals surface area contributed by atoms with Gasteiger partial charge in [0, 0.05) is 35.9 Å². The summed E-state index contributed by atoms with van der Waals surface area (Å²) in [6.45, 7) is 6.47. The number of aliphatic carboxylic acids is 1. The Bertz CT molecular complexity index is 1150. The SMILES string of the molecule is CNCCN=C(N)[NH+]1CC[C@H](CNCCO)[C@@]2(C1)[C@@H]1CC[C@@H](C)[C@]23C[C@](O)([C@@H]2CC[C@H]4CC[C@@H](O)C[C@H]4O2)C(C(=O)[O-])=C3C1. The number of rotatable bonds is 9. The van der Waals surface area contributed by atoms with Crippen molar-refractivity contribution in [3.8, 4) is 0 Å². The number of carbonyl (C=O) groups is 1. The molecule has 5 fully saturated rings. The summed E-state index contributed by atoms with van der Waals surface area (Å²) in [6, 6.07) is 0. The largest absolute Gasteiger partial charge is 0.545 e. The average molecular weight is 618 g/mol. The van der Waals surface area contributed by atoms with Crippen LogP contribution < -0.4 is 26.4 Å². The summed E-state index contributed by atoms with van der Waals surface area (Å²) in [5.74, 6) is 0.319. The van der Waals surface area contributed by atoms with E-state index in [1.165, 1.54) is 0 Å². The fourth-order valence-electron chi connectivity index (χ4n) is 11.3. The van der Waals surface area contributed by atoms with Crippen molar-refractivity contribution in [3.63, 3.8) is 0 Å². The lowest BCUT2D eigenvalue weighted by Gasteiger charge is -2.61. The molecule has 0 aromatic rings. The van der Waals surface area contributed by atoms with Crippen LogP contribution >= 0.6 is 0 Å². The van der Waals surface area contributed by atoms with Crippen LogP contribution in [0.1, 0.15) is 71.1 Å². The van der Waals surface area contributed by atoms with Crippen molar-refractivity contribution >= 4 is 11.9 Å². The third-order valence-corrected chi connectivity index (χ3v) is 13.1. The van der Waals surface area contributed by atoms with Crippen LogP contribution in [0, 0.1) is 34.5 Å². The minimum Gasteiger partial charge on any atom is -0.545 e. The second-order valence-corrected chi connectivity index (χ2v) is 14.9. The number of allylic oxidation sites excluding steroid dienone is 1. The fourth-order valence-corrected chi connectivity index (χ4v) is 11.3. The number of likely N-dealkylation sites (N-methyl/N-ethyl adjacent to an activating group) is 1. The summed E-state index contributed by atoms with van der Waals surface area (Å²) in [4.78, 5) is 19.1. The number of guanidine groups is 1. The first-order chi connectivity index (χ1) is 21.1. The van der Waals surface area contributed by atoms with Gasteiger partial charge in [-0.1, -0.05) is 12.5 Å². The molecule has 0 aromatic carbocycles. The van der Waals surface area contributed by atoms with Gasteiger partial charge in [0.2, 0.25) is 0 Å². The number of nitrogens with one attached hydrogen (secondary N) is 3. The number of quaternary nitrogens is 1. The Morgan fingerprint density at radius 1 is 1.18 bits per heavy atom. The van der Waals surface area contributed by atoms with Crippen molar-refractivity contribution in [2.45, 2.75) is 95.0 Å². The van der Waals surface area contributed by atoms with Gasteiger partial charge in [-0.15, -0.1) is 0 Å². The van der Waals surface area contributed by atoms with Crippen molar-refractivity contribution in [2.24, 2.45) is 45.2 Å². The quantitative estimate of drug-likeness (QED) is 0.0905. The van der Waals surface area contributed by atoms with E-state index in [0.29, 0.717) is 50.7 Å². The van der Waals surface area contributed by atoms with Gasteiger partial charge >= 0.3 is 0 Å². The molecule has 2 bridgehead atoms. The molecule has 4 aliphatic carbocycles. The van der Waals surface area contributed by atoms with E-state index >= 15 is 0 Å². The number of piperidine rings is 1. The van der Waals surface area contributed by atoms with Gasteiger partial charge in [-0.3, -0.25) is 4.90 Å². The summed E-state index contributed by atoms with van der Waals surface area (Å²) >= 11 is 0. The molecule has 1 unspecified atom stereocenters. The number of hydrogen-bond donors (Lipinski definition) is 7. The number of likely N-dealkylation sites (tertiary alicyclic amines) is 1. The van der Waals surface area contributed by atoms with Crippen LogP contribution in [-0.4, -0.2) is 104 Å². The highest BCUT2D eigenvalue weighted by atomic mass is 16.5. The molecule has 248 valence electrons. The molecular formula is C33H55N5O6. The van der Waals surface area contributed by atoms with Crippen LogP contribution in [0.4, 0.5) is 0 Å². The lowest BCUT2D eigenvalue weighted by atomic mass is 9.45. The number of hydrogen-bond acceptors (Lipinski definition) is 9.